The van der Waals surface area contributed by atoms with Crippen LogP contribution in [0.2, 0.25) is 0 Å². The molecule has 224 valence electrons. The van der Waals surface area contributed by atoms with Crippen molar-refractivity contribution < 1.29 is 19.2 Å². The van der Waals surface area contributed by atoms with Gasteiger partial charge in [-0.3, -0.25) is 14.4 Å². The standard InChI is InChI=1S/C34H39N5O4/c1-3-30(40)36-28-22-38(34(43)35-26-16-14-23(2)15-17-26)21-20-27-18-19-29(39(27)33(28)42)32(41)37-31(24-10-6-4-7-11-24)25-12-8-5-9-13-25/h4-17,27-29,31H,3,18-22H2,1-2H3,(H,35,43)(H,36,40)(H,37,41). The third-order valence-corrected chi connectivity index (χ3v) is 8.29. The topological polar surface area (TPSA) is 111 Å². The maximum Gasteiger partial charge on any atom is 0.321 e. The molecule has 0 radical (unpaired) electrons. The van der Waals surface area contributed by atoms with Crippen LogP contribution in [0, 0.1) is 6.92 Å². The minimum Gasteiger partial charge on any atom is -0.343 e. The van der Waals surface area contributed by atoms with Gasteiger partial charge >= 0.3 is 6.03 Å². The van der Waals surface area contributed by atoms with Crippen molar-refractivity contribution in [2.75, 3.05) is 18.4 Å². The van der Waals surface area contributed by atoms with Gasteiger partial charge in [0.2, 0.25) is 17.7 Å². The summed E-state index contributed by atoms with van der Waals surface area (Å²) in [5.74, 6) is -0.861. The summed E-state index contributed by atoms with van der Waals surface area (Å²) in [6.45, 7) is 4.08. The van der Waals surface area contributed by atoms with Gasteiger partial charge in [-0.25, -0.2) is 4.79 Å². The van der Waals surface area contributed by atoms with E-state index in [0.29, 0.717) is 31.5 Å². The van der Waals surface area contributed by atoms with Crippen LogP contribution in [0.15, 0.2) is 84.9 Å². The first-order valence-corrected chi connectivity index (χ1v) is 15.0. The number of hydrogen-bond donors (Lipinski definition) is 3. The van der Waals surface area contributed by atoms with E-state index in [1.54, 1.807) is 16.7 Å². The first-order chi connectivity index (χ1) is 20.8. The lowest BCUT2D eigenvalue weighted by Crippen LogP contribution is -2.61. The Morgan fingerprint density at radius 3 is 2.09 bits per heavy atom. The third kappa shape index (κ3) is 7.05. The average Bonchev–Trinajstić information content (AvgIpc) is 3.45. The molecular formula is C34H39N5O4. The minimum absolute atomic E-state index is 0.0104. The van der Waals surface area contributed by atoms with E-state index in [2.05, 4.69) is 16.0 Å². The summed E-state index contributed by atoms with van der Waals surface area (Å²) >= 11 is 0. The Morgan fingerprint density at radius 1 is 0.860 bits per heavy atom. The number of nitrogens with one attached hydrogen (secondary N) is 3. The molecule has 9 heteroatoms. The van der Waals surface area contributed by atoms with Gasteiger partial charge in [-0.2, -0.15) is 0 Å². The van der Waals surface area contributed by atoms with Crippen LogP contribution in [0.3, 0.4) is 0 Å². The van der Waals surface area contributed by atoms with Crippen LogP contribution in [0.25, 0.3) is 0 Å². The molecule has 2 heterocycles. The van der Waals surface area contributed by atoms with Crippen molar-refractivity contribution in [3.8, 4) is 0 Å². The molecule has 43 heavy (non-hydrogen) atoms. The van der Waals surface area contributed by atoms with Gasteiger partial charge < -0.3 is 25.8 Å². The monoisotopic (exact) mass is 581 g/mol. The number of aryl methyl sites for hydroxylation is 1. The summed E-state index contributed by atoms with van der Waals surface area (Å²) in [5, 5.41) is 8.95. The Bertz CT molecular complexity index is 1390. The molecule has 3 unspecified atom stereocenters. The molecule has 2 saturated heterocycles. The summed E-state index contributed by atoms with van der Waals surface area (Å²) < 4.78 is 0. The van der Waals surface area contributed by atoms with Crippen molar-refractivity contribution in [3.05, 3.63) is 102 Å². The summed E-state index contributed by atoms with van der Waals surface area (Å²) in [5.41, 5.74) is 3.62. The Labute approximate surface area is 252 Å². The highest BCUT2D eigenvalue weighted by molar-refractivity contribution is 5.95. The number of benzene rings is 3. The van der Waals surface area contributed by atoms with Crippen LogP contribution in [-0.4, -0.2) is 64.8 Å². The second kappa shape index (κ2) is 13.5. The van der Waals surface area contributed by atoms with Gasteiger partial charge in [0.05, 0.1) is 12.6 Å². The van der Waals surface area contributed by atoms with Gasteiger partial charge in [-0.05, 0) is 49.4 Å². The molecular weight excluding hydrogens is 542 g/mol. The molecule has 3 aromatic rings. The zero-order valence-electron chi connectivity index (χ0n) is 24.7. The number of rotatable bonds is 7. The zero-order chi connectivity index (χ0) is 30.3. The van der Waals surface area contributed by atoms with E-state index in [4.69, 9.17) is 0 Å². The SMILES string of the molecule is CCC(=O)NC1CN(C(=O)Nc2ccc(C)cc2)CCC2CCC(C(=O)NC(c3ccccc3)c3ccccc3)N2C1=O. The number of amides is 5. The highest BCUT2D eigenvalue weighted by Crippen LogP contribution is 2.31. The first kappa shape index (κ1) is 29.8. The van der Waals surface area contributed by atoms with Gasteiger partial charge in [0.25, 0.3) is 0 Å². The van der Waals surface area contributed by atoms with Crippen LogP contribution in [-0.2, 0) is 14.4 Å². The zero-order valence-corrected chi connectivity index (χ0v) is 24.7. The molecule has 2 aliphatic rings. The fraction of sp³-hybridized carbons (Fsp3) is 0.353. The largest absolute Gasteiger partial charge is 0.343 e. The number of nitrogens with zero attached hydrogens (tertiary/aromatic N) is 2. The van der Waals surface area contributed by atoms with Gasteiger partial charge in [0.15, 0.2) is 0 Å². The number of carbonyl (C=O) groups excluding carboxylic acids is 4. The molecule has 3 atom stereocenters. The summed E-state index contributed by atoms with van der Waals surface area (Å²) in [6.07, 6.45) is 1.87. The van der Waals surface area contributed by atoms with Crippen LogP contribution >= 0.6 is 0 Å². The first-order valence-electron chi connectivity index (χ1n) is 15.0. The fourth-order valence-corrected chi connectivity index (χ4v) is 5.95. The van der Waals surface area contributed by atoms with Gasteiger partial charge in [-0.1, -0.05) is 85.3 Å². The number of anilines is 1. The fourth-order valence-electron chi connectivity index (χ4n) is 5.95. The molecule has 0 spiro atoms. The van der Waals surface area contributed by atoms with E-state index >= 15 is 0 Å². The van der Waals surface area contributed by atoms with Crippen molar-refractivity contribution in [1.82, 2.24) is 20.4 Å². The van der Waals surface area contributed by atoms with E-state index in [9.17, 15) is 19.2 Å². The predicted octanol–water partition coefficient (Wildman–Crippen LogP) is 4.39. The molecule has 5 amide bonds. The van der Waals surface area contributed by atoms with E-state index in [0.717, 1.165) is 16.7 Å². The van der Waals surface area contributed by atoms with Gasteiger partial charge in [0, 0.05) is 24.7 Å². The number of urea groups is 1. The molecule has 5 rings (SSSR count). The molecule has 9 nitrogen and oxygen atoms in total. The average molecular weight is 582 g/mol. The maximum atomic E-state index is 14.1. The van der Waals surface area contributed by atoms with Crippen molar-refractivity contribution in [1.29, 1.82) is 0 Å². The quantitative estimate of drug-likeness (QED) is 0.384. The van der Waals surface area contributed by atoms with E-state index in [-0.39, 0.29) is 48.8 Å². The smallest absolute Gasteiger partial charge is 0.321 e. The number of fused-ring (bicyclic) bond motifs is 1. The lowest BCUT2D eigenvalue weighted by atomic mass is 9.98. The van der Waals surface area contributed by atoms with Crippen molar-refractivity contribution in [2.24, 2.45) is 0 Å². The van der Waals surface area contributed by atoms with Gasteiger partial charge in [-0.15, -0.1) is 0 Å². The Morgan fingerprint density at radius 2 is 1.49 bits per heavy atom. The van der Waals surface area contributed by atoms with E-state index in [1.807, 2.05) is 91.9 Å². The van der Waals surface area contributed by atoms with Crippen LogP contribution in [0.1, 0.15) is 55.3 Å². The van der Waals surface area contributed by atoms with Crippen LogP contribution in [0.5, 0.6) is 0 Å². The summed E-state index contributed by atoms with van der Waals surface area (Å²) in [4.78, 5) is 57.1. The molecule has 3 aromatic carbocycles. The van der Waals surface area contributed by atoms with Crippen molar-refractivity contribution in [3.63, 3.8) is 0 Å². The molecule has 3 N–H and O–H groups in total. The molecule has 0 bridgehead atoms. The lowest BCUT2D eigenvalue weighted by molar-refractivity contribution is -0.144. The Kier molecular flexibility index (Phi) is 9.39. The lowest BCUT2D eigenvalue weighted by Gasteiger charge is -2.39. The molecule has 2 aliphatic heterocycles. The van der Waals surface area contributed by atoms with Gasteiger partial charge in [0.1, 0.15) is 12.1 Å². The molecule has 0 saturated carbocycles. The Balaban J connectivity index is 1.36. The van der Waals surface area contributed by atoms with Crippen molar-refractivity contribution in [2.45, 2.75) is 63.7 Å². The van der Waals surface area contributed by atoms with Crippen LogP contribution in [0.4, 0.5) is 10.5 Å². The van der Waals surface area contributed by atoms with E-state index in [1.165, 1.54) is 0 Å². The number of carbonyl (C=O) groups is 4. The molecule has 0 aliphatic carbocycles. The Hall–Kier alpha value is -4.66. The maximum absolute atomic E-state index is 14.1. The second-order valence-corrected chi connectivity index (χ2v) is 11.3. The minimum atomic E-state index is -0.966. The predicted molar refractivity (Wildman–Crippen MR) is 165 cm³/mol. The molecule has 0 aromatic heterocycles. The highest BCUT2D eigenvalue weighted by Gasteiger charge is 2.45. The van der Waals surface area contributed by atoms with Crippen molar-refractivity contribution >= 4 is 29.4 Å². The second-order valence-electron chi connectivity index (χ2n) is 11.3. The highest BCUT2D eigenvalue weighted by atomic mass is 16.2. The summed E-state index contributed by atoms with van der Waals surface area (Å²) in [6, 6.07) is 24.4. The normalized spacial score (nSPS) is 20.2. The third-order valence-electron chi connectivity index (χ3n) is 8.29. The van der Waals surface area contributed by atoms with Crippen LogP contribution < -0.4 is 16.0 Å². The molecule has 2 fully saturated rings. The number of hydrogen-bond acceptors (Lipinski definition) is 4. The summed E-state index contributed by atoms with van der Waals surface area (Å²) in [7, 11) is 0. The van der Waals surface area contributed by atoms with E-state index < -0.39 is 12.1 Å².